The molecule has 0 aromatic heterocycles. The van der Waals surface area contributed by atoms with E-state index < -0.39 is 28.0 Å². The number of methoxy groups -OCH3 is 1. The van der Waals surface area contributed by atoms with Crippen molar-refractivity contribution in [3.8, 4) is 5.75 Å². The second kappa shape index (κ2) is 12.5. The summed E-state index contributed by atoms with van der Waals surface area (Å²) in [5, 5.41) is 12.5. The van der Waals surface area contributed by atoms with Gasteiger partial charge in [-0.15, -0.1) is 0 Å². The zero-order valence-electron chi connectivity index (χ0n) is 20.2. The number of sulfonamides is 1. The number of hydrogen-bond acceptors (Lipinski definition) is 6. The summed E-state index contributed by atoms with van der Waals surface area (Å²) < 4.78 is 34.5. The van der Waals surface area contributed by atoms with Gasteiger partial charge < -0.3 is 25.9 Å². The number of rotatable bonds is 13. The molecule has 2 atom stereocenters. The fraction of sp³-hybridized carbons (Fsp3) is 0.591. The van der Waals surface area contributed by atoms with Gasteiger partial charge in [-0.2, -0.15) is 4.72 Å². The van der Waals surface area contributed by atoms with Gasteiger partial charge in [0.05, 0.1) is 18.0 Å². The smallest absolute Gasteiger partial charge is 0.241 e. The average Bonchev–Trinajstić information content (AvgIpc) is 2.71. The van der Waals surface area contributed by atoms with Crippen molar-refractivity contribution >= 4 is 28.2 Å². The molecule has 1 aromatic rings. The van der Waals surface area contributed by atoms with Crippen molar-refractivity contribution in [2.75, 3.05) is 13.7 Å². The van der Waals surface area contributed by atoms with Crippen LogP contribution in [-0.4, -0.2) is 52.3 Å². The molecule has 1 amide bonds. The van der Waals surface area contributed by atoms with E-state index in [2.05, 4.69) is 15.4 Å². The van der Waals surface area contributed by atoms with Gasteiger partial charge in [0, 0.05) is 6.54 Å². The Kier molecular flexibility index (Phi) is 10.8. The second-order valence-electron chi connectivity index (χ2n) is 8.51. The lowest BCUT2D eigenvalue weighted by Crippen LogP contribution is -2.50. The van der Waals surface area contributed by atoms with E-state index in [1.165, 1.54) is 7.11 Å². The van der Waals surface area contributed by atoms with Crippen molar-refractivity contribution in [3.63, 3.8) is 0 Å². The monoisotopic (exact) mass is 483 g/mol. The molecule has 1 rings (SSSR count). The summed E-state index contributed by atoms with van der Waals surface area (Å²) in [4.78, 5) is 24.5. The molecule has 0 aliphatic carbocycles. The number of carbonyl (C=O) groups is 2. The molecule has 0 saturated heterocycles. The molecule has 0 fully saturated rings. The van der Waals surface area contributed by atoms with Gasteiger partial charge in [0.2, 0.25) is 15.9 Å². The van der Waals surface area contributed by atoms with Gasteiger partial charge in [0.15, 0.2) is 5.96 Å². The highest BCUT2D eigenvalue weighted by molar-refractivity contribution is 7.89. The minimum absolute atomic E-state index is 0.0922. The summed E-state index contributed by atoms with van der Waals surface area (Å²) in [6.45, 7) is 9.27. The zero-order chi connectivity index (χ0) is 25.3. The van der Waals surface area contributed by atoms with Crippen LogP contribution in [0.4, 0.5) is 0 Å². The standard InChI is InChI=1S/C22H37N5O5S/c1-13(2)10-17(12-28)26-21(29)18(8-7-9-25-22(23)24)27-33(30,31)20-14(3)11-19(32-6)15(4)16(20)5/h11-13,17-18,27H,7-10H2,1-6H3,(H,26,29)(H4,23,24,25)/t17-,18-/m0/s1. The maximum Gasteiger partial charge on any atom is 0.241 e. The van der Waals surface area contributed by atoms with Crippen LogP contribution in [0.1, 0.15) is 49.8 Å². The van der Waals surface area contributed by atoms with Crippen molar-refractivity contribution in [2.24, 2.45) is 11.7 Å². The average molecular weight is 484 g/mol. The van der Waals surface area contributed by atoms with Crippen LogP contribution in [-0.2, 0) is 19.6 Å². The Labute approximate surface area is 196 Å². The number of carbonyl (C=O) groups excluding carboxylic acids is 2. The lowest BCUT2D eigenvalue weighted by atomic mass is 10.0. The number of hydrogen-bond donors (Lipinski definition) is 5. The van der Waals surface area contributed by atoms with Gasteiger partial charge in [-0.3, -0.25) is 10.2 Å². The molecule has 0 bridgehead atoms. The second-order valence-corrected chi connectivity index (χ2v) is 10.2. The van der Waals surface area contributed by atoms with Gasteiger partial charge in [0.1, 0.15) is 18.1 Å². The van der Waals surface area contributed by atoms with Crippen LogP contribution in [0.5, 0.6) is 5.75 Å². The van der Waals surface area contributed by atoms with Crippen LogP contribution >= 0.6 is 0 Å². The van der Waals surface area contributed by atoms with Crippen molar-refractivity contribution < 1.29 is 22.7 Å². The Morgan fingerprint density at radius 3 is 2.39 bits per heavy atom. The highest BCUT2D eigenvalue weighted by Crippen LogP contribution is 2.30. The van der Waals surface area contributed by atoms with Gasteiger partial charge in [-0.05, 0) is 68.7 Å². The number of benzene rings is 1. The summed E-state index contributed by atoms with van der Waals surface area (Å²) in [5.74, 6) is -0.0479. The summed E-state index contributed by atoms with van der Waals surface area (Å²) >= 11 is 0. The van der Waals surface area contributed by atoms with Crippen molar-refractivity contribution in [2.45, 2.75) is 70.9 Å². The quantitative estimate of drug-likeness (QED) is 0.122. The van der Waals surface area contributed by atoms with Crippen LogP contribution in [0.25, 0.3) is 0 Å². The molecule has 10 nitrogen and oxygen atoms in total. The highest BCUT2D eigenvalue weighted by atomic mass is 32.2. The number of amides is 1. The highest BCUT2D eigenvalue weighted by Gasteiger charge is 2.30. The van der Waals surface area contributed by atoms with Crippen molar-refractivity contribution in [1.29, 1.82) is 5.41 Å². The van der Waals surface area contributed by atoms with E-state index in [4.69, 9.17) is 15.9 Å². The fourth-order valence-electron chi connectivity index (χ4n) is 3.61. The predicted octanol–water partition coefficient (Wildman–Crippen LogP) is 1.26. The molecule has 0 unspecified atom stereocenters. The fourth-order valence-corrected chi connectivity index (χ4v) is 5.36. The Morgan fingerprint density at radius 1 is 1.24 bits per heavy atom. The van der Waals surface area contributed by atoms with Crippen LogP contribution < -0.4 is 25.8 Å². The SMILES string of the molecule is COc1cc(C)c(S(=O)(=O)N[C@@H](CCCNC(=N)N)C(=O)N[C@H](C=O)CC(C)C)c(C)c1C. The molecule has 1 aromatic carbocycles. The zero-order valence-corrected chi connectivity index (χ0v) is 21.1. The summed E-state index contributed by atoms with van der Waals surface area (Å²) in [5.41, 5.74) is 6.99. The minimum atomic E-state index is -4.07. The molecule has 0 radical (unpaired) electrons. The Hall–Kier alpha value is -2.66. The third-order valence-electron chi connectivity index (χ3n) is 5.28. The maximum atomic E-state index is 13.3. The molecule has 0 aliphatic heterocycles. The van der Waals surface area contributed by atoms with E-state index >= 15 is 0 Å². The largest absolute Gasteiger partial charge is 0.496 e. The minimum Gasteiger partial charge on any atom is -0.496 e. The predicted molar refractivity (Wildman–Crippen MR) is 128 cm³/mol. The molecule has 186 valence electrons. The first-order valence-electron chi connectivity index (χ1n) is 10.8. The summed E-state index contributed by atoms with van der Waals surface area (Å²) in [6.07, 6.45) is 1.61. The number of aryl methyl sites for hydroxylation is 1. The van der Waals surface area contributed by atoms with Gasteiger partial charge in [-0.1, -0.05) is 13.8 Å². The van der Waals surface area contributed by atoms with Gasteiger partial charge >= 0.3 is 0 Å². The summed E-state index contributed by atoms with van der Waals surface area (Å²) in [7, 11) is -2.56. The van der Waals surface area contributed by atoms with Crippen LogP contribution in [0.15, 0.2) is 11.0 Å². The Balaban J connectivity index is 3.22. The van der Waals surface area contributed by atoms with E-state index in [-0.39, 0.29) is 23.2 Å². The molecule has 0 aliphatic rings. The molecule has 11 heteroatoms. The Bertz CT molecular complexity index is 962. The number of nitrogens with one attached hydrogen (secondary N) is 4. The summed E-state index contributed by atoms with van der Waals surface area (Å²) in [6, 6.07) is -0.181. The van der Waals surface area contributed by atoms with Crippen molar-refractivity contribution in [1.82, 2.24) is 15.4 Å². The topological polar surface area (TPSA) is 163 Å². The van der Waals surface area contributed by atoms with Crippen LogP contribution in [0.2, 0.25) is 0 Å². The molecule has 33 heavy (non-hydrogen) atoms. The molecule has 0 spiro atoms. The number of aldehydes is 1. The molecule has 0 heterocycles. The van der Waals surface area contributed by atoms with Gasteiger partial charge in [0.25, 0.3) is 0 Å². The van der Waals surface area contributed by atoms with E-state index in [0.29, 0.717) is 48.1 Å². The first-order chi connectivity index (χ1) is 15.3. The first kappa shape index (κ1) is 28.4. The van der Waals surface area contributed by atoms with Crippen LogP contribution in [0.3, 0.4) is 0 Å². The third-order valence-corrected chi connectivity index (χ3v) is 7.04. The van der Waals surface area contributed by atoms with E-state index in [1.54, 1.807) is 26.8 Å². The molecular weight excluding hydrogens is 446 g/mol. The molecular formula is C22H37N5O5S. The van der Waals surface area contributed by atoms with Gasteiger partial charge in [-0.25, -0.2) is 8.42 Å². The number of guanidine groups is 1. The van der Waals surface area contributed by atoms with E-state index in [1.807, 2.05) is 13.8 Å². The molecule has 0 saturated carbocycles. The normalized spacial score (nSPS) is 13.3. The van der Waals surface area contributed by atoms with Crippen LogP contribution in [0, 0.1) is 32.1 Å². The van der Waals surface area contributed by atoms with E-state index in [0.717, 1.165) is 0 Å². The number of nitrogens with two attached hydrogens (primary N) is 1. The van der Waals surface area contributed by atoms with E-state index in [9.17, 15) is 18.0 Å². The lowest BCUT2D eigenvalue weighted by Gasteiger charge is -2.23. The number of ether oxygens (including phenoxy) is 1. The molecule has 6 N–H and O–H groups in total. The lowest BCUT2D eigenvalue weighted by molar-refractivity contribution is -0.125. The third kappa shape index (κ3) is 8.32. The Morgan fingerprint density at radius 2 is 1.88 bits per heavy atom. The maximum absolute atomic E-state index is 13.3. The first-order valence-corrected chi connectivity index (χ1v) is 12.3. The van der Waals surface area contributed by atoms with Crippen molar-refractivity contribution in [3.05, 3.63) is 22.8 Å².